The average Bonchev–Trinajstić information content (AvgIpc) is 2.79. The van der Waals surface area contributed by atoms with Crippen molar-refractivity contribution in [3.8, 4) is 0 Å². The minimum Gasteiger partial charge on any atom is -0.662 e. The van der Waals surface area contributed by atoms with Crippen LogP contribution in [0.3, 0.4) is 0 Å². The molecule has 0 bridgehead atoms. The zero-order valence-electron chi connectivity index (χ0n) is 16.2. The van der Waals surface area contributed by atoms with E-state index in [0.29, 0.717) is 0 Å². The van der Waals surface area contributed by atoms with Gasteiger partial charge in [-0.15, -0.1) is 0 Å². The van der Waals surface area contributed by atoms with Crippen LogP contribution in [0.25, 0.3) is 0 Å². The molecule has 0 saturated heterocycles. The second kappa shape index (κ2) is 22.6. The predicted molar refractivity (Wildman–Crippen MR) is 80.8 cm³/mol. The van der Waals surface area contributed by atoms with Crippen molar-refractivity contribution in [1.29, 1.82) is 0 Å². The summed E-state index contributed by atoms with van der Waals surface area (Å²) in [6.07, 6.45) is -14.6. The number of carbonyl (C=O) groups excluding carboxylic acids is 6. The van der Waals surface area contributed by atoms with Crippen LogP contribution < -0.4 is 31.1 Å². The van der Waals surface area contributed by atoms with Gasteiger partial charge in [-0.3, -0.25) is 0 Å². The Balaban J connectivity index is -0.000000125. The van der Waals surface area contributed by atoms with E-state index in [0.717, 1.165) is 0 Å². The Morgan fingerprint density at radius 2 is 0.571 bits per heavy atom. The van der Waals surface area contributed by atoms with Gasteiger partial charge in [0, 0.05) is 0 Å². The minimum absolute atomic E-state index is 0. The first-order valence-corrected chi connectivity index (χ1v) is 7.23. The smallest absolute Gasteiger partial charge is 0.662 e. The third kappa shape index (κ3) is 18.1. The normalized spacial score (nSPS) is 14.3. The summed E-state index contributed by atoms with van der Waals surface area (Å²) in [5, 5.41) is 107. The molecule has 6 N–H and O–H groups in total. The summed E-state index contributed by atoms with van der Waals surface area (Å²) >= 11 is 0. The number of aliphatic hydroxyl groups is 6. The number of hydrogen-bond donors (Lipinski definition) is 6. The fourth-order valence-electron chi connectivity index (χ4n) is 0.921. The molecule has 6 atom stereocenters. The van der Waals surface area contributed by atoms with E-state index in [1.807, 2.05) is 0 Å². The van der Waals surface area contributed by atoms with Gasteiger partial charge in [-0.05, 0) is 0 Å². The molecular weight excluding hydrogens is 724 g/mol. The molecule has 6 unspecified atom stereocenters. The quantitative estimate of drug-likeness (QED) is 0.0727. The number of carbonyl (C=O) groups is 6. The number of hydrogen-bond acceptors (Lipinski definition) is 21. The number of carboxylic acid groups (broad SMARTS) is 3. The van der Waals surface area contributed by atoms with Crippen molar-refractivity contribution >= 4 is 84.7 Å². The maximum absolute atomic E-state index is 10.0. The van der Waals surface area contributed by atoms with Gasteiger partial charge in [0.15, 0.2) is 18.3 Å². The summed E-state index contributed by atoms with van der Waals surface area (Å²) in [5.41, 5.74) is 0. The van der Waals surface area contributed by atoms with Crippen LogP contribution >= 0.6 is 0 Å². The average molecular weight is 736 g/mol. The first-order chi connectivity index (χ1) is 15.0. The summed E-state index contributed by atoms with van der Waals surface area (Å²) in [4.78, 5) is 67.3. The monoisotopic (exact) mass is 734 g/mol. The first kappa shape index (κ1) is 43.2. The minimum atomic E-state index is -2.45. The molecule has 0 aromatic rings. The summed E-state index contributed by atoms with van der Waals surface area (Å²) in [6.45, 7) is 0. The number of carboxylic acids is 3. The summed E-state index contributed by atoms with van der Waals surface area (Å²) in [5.74, 6) is -11.5. The topological polar surface area (TPSA) is 390 Å². The zero-order valence-corrected chi connectivity index (χ0v) is 21.3. The largest absolute Gasteiger partial charge is 3.00 e. The van der Waals surface area contributed by atoms with Gasteiger partial charge < -0.3 is 90.8 Å². The Hall–Kier alpha value is -1.90. The van der Waals surface area contributed by atoms with E-state index in [4.69, 9.17) is 30.6 Å². The maximum atomic E-state index is 10.0. The van der Waals surface area contributed by atoms with Gasteiger partial charge >= 0.3 is 66.8 Å². The van der Waals surface area contributed by atoms with Crippen molar-refractivity contribution in [2.45, 2.75) is 36.6 Å². The molecule has 0 spiro atoms. The molecule has 35 heavy (non-hydrogen) atoms. The van der Waals surface area contributed by atoms with E-state index in [-0.39, 0.29) is 48.9 Å². The van der Waals surface area contributed by atoms with Crippen LogP contribution in [0.5, 0.6) is 0 Å². The second-order valence-electron chi connectivity index (χ2n) is 4.83. The molecule has 0 saturated carbocycles. The van der Waals surface area contributed by atoms with E-state index < -0.39 is 72.4 Å². The Morgan fingerprint density at radius 3 is 0.657 bits per heavy atom. The molecule has 0 aliphatic rings. The van der Waals surface area contributed by atoms with Crippen LogP contribution in [0.15, 0.2) is 0 Å². The summed E-state index contributed by atoms with van der Waals surface area (Å²) in [6, 6.07) is 0. The van der Waals surface area contributed by atoms with Gasteiger partial charge in [0.1, 0.15) is 18.3 Å². The standard InChI is InChI=1S/3C4H6O7.2Sb/c3*5-1(3(7)8)2(6)4(9)11-10;;/h3*1-2,5-6,10H,(H,7,8);;/q;;;2*+3/p-6. The molecule has 0 aliphatic heterocycles. The molecular formula is C12H12O21Sb2. The Labute approximate surface area is 226 Å². The molecule has 0 aliphatic carbocycles. The summed E-state index contributed by atoms with van der Waals surface area (Å²) in [7, 11) is 0. The Morgan fingerprint density at radius 1 is 0.429 bits per heavy atom. The Kier molecular flexibility index (Phi) is 27.8. The second-order valence-corrected chi connectivity index (χ2v) is 4.83. The van der Waals surface area contributed by atoms with Gasteiger partial charge in [-0.25, -0.2) is 14.4 Å². The van der Waals surface area contributed by atoms with E-state index in [9.17, 15) is 59.9 Å². The molecule has 0 aromatic carbocycles. The molecule has 0 amide bonds. The van der Waals surface area contributed by atoms with Crippen molar-refractivity contribution in [2.75, 3.05) is 0 Å². The molecule has 196 valence electrons. The fraction of sp³-hybridized carbons (Fsp3) is 0.500. The van der Waals surface area contributed by atoms with Crippen molar-refractivity contribution in [1.82, 2.24) is 0 Å². The zero-order chi connectivity index (χ0) is 27.0. The Bertz CT molecular complexity index is 593. The van der Waals surface area contributed by atoms with Crippen LogP contribution in [0, 0.1) is 0 Å². The van der Waals surface area contributed by atoms with E-state index >= 15 is 0 Å². The van der Waals surface area contributed by atoms with Crippen LogP contribution in [-0.4, -0.2) is 152 Å². The van der Waals surface area contributed by atoms with E-state index in [1.165, 1.54) is 0 Å². The molecule has 21 nitrogen and oxygen atoms in total. The number of rotatable bonds is 9. The third-order valence-electron chi connectivity index (χ3n) is 2.59. The van der Waals surface area contributed by atoms with Gasteiger partial charge in [-0.1, -0.05) is 0 Å². The fourth-order valence-corrected chi connectivity index (χ4v) is 0.921. The third-order valence-corrected chi connectivity index (χ3v) is 2.59. The number of aliphatic hydroxyl groups excluding tert-OH is 6. The maximum Gasteiger partial charge on any atom is 3.00 e. The van der Waals surface area contributed by atoms with E-state index in [2.05, 4.69) is 14.7 Å². The van der Waals surface area contributed by atoms with Gasteiger partial charge in [-0.2, -0.15) is 0 Å². The van der Waals surface area contributed by atoms with Gasteiger partial charge in [0.2, 0.25) is 0 Å². The first-order valence-electron chi connectivity index (χ1n) is 7.23. The molecule has 0 heterocycles. The molecule has 0 aromatic heterocycles. The van der Waals surface area contributed by atoms with Gasteiger partial charge in [0.25, 0.3) is 0 Å². The van der Waals surface area contributed by atoms with Crippen molar-refractivity contribution in [2.24, 2.45) is 0 Å². The van der Waals surface area contributed by atoms with Crippen LogP contribution in [0.1, 0.15) is 0 Å². The number of aliphatic carboxylic acids is 3. The van der Waals surface area contributed by atoms with Gasteiger partial charge in [0.05, 0.1) is 17.9 Å². The molecule has 23 heteroatoms. The van der Waals surface area contributed by atoms with Crippen molar-refractivity contribution in [3.05, 3.63) is 0 Å². The van der Waals surface area contributed by atoms with E-state index in [1.54, 1.807) is 0 Å². The van der Waals surface area contributed by atoms with Crippen LogP contribution in [-0.2, 0) is 43.4 Å². The molecule has 0 fully saturated rings. The predicted octanol–water partition coefficient (Wildman–Crippen LogP) is -14.9. The molecule has 0 rings (SSSR count). The SMILES string of the molecule is O=C([O-])C(O)C(O)C(=O)O[O-].O=C([O-])C(O)C(O)C(=O)O[O-].O=C([O-])C(O)C(O)C(=O)O[O-].[Sb+3].[Sb+3]. The van der Waals surface area contributed by atoms with Crippen molar-refractivity contribution in [3.63, 3.8) is 0 Å². The van der Waals surface area contributed by atoms with Crippen molar-refractivity contribution < 1.29 is 105 Å². The van der Waals surface area contributed by atoms with Crippen LogP contribution in [0.4, 0.5) is 0 Å². The van der Waals surface area contributed by atoms with Crippen LogP contribution in [0.2, 0.25) is 0 Å². The molecule has 4 radical (unpaired) electrons. The summed E-state index contributed by atoms with van der Waals surface area (Å²) < 4.78 is 0.